The Hall–Kier alpha value is -2.23. The van der Waals surface area contributed by atoms with Gasteiger partial charge in [-0.3, -0.25) is 0 Å². The second kappa shape index (κ2) is 5.41. The quantitative estimate of drug-likeness (QED) is 0.895. The van der Waals surface area contributed by atoms with Crippen molar-refractivity contribution in [3.05, 3.63) is 47.2 Å². The third-order valence-corrected chi connectivity index (χ3v) is 3.62. The molecular weight excluding hydrogens is 250 g/mol. The van der Waals surface area contributed by atoms with Crippen LogP contribution in [0.2, 0.25) is 0 Å². The van der Waals surface area contributed by atoms with Crippen molar-refractivity contribution >= 4 is 11.5 Å². The molecule has 0 radical (unpaired) electrons. The van der Waals surface area contributed by atoms with Gasteiger partial charge in [0.1, 0.15) is 11.6 Å². The first kappa shape index (κ1) is 12.8. The van der Waals surface area contributed by atoms with Crippen molar-refractivity contribution in [3.63, 3.8) is 0 Å². The fourth-order valence-corrected chi connectivity index (χ4v) is 2.39. The molecule has 0 saturated carbocycles. The summed E-state index contributed by atoms with van der Waals surface area (Å²) in [7, 11) is 0. The summed E-state index contributed by atoms with van der Waals surface area (Å²) in [6, 6.07) is 8.42. The van der Waals surface area contributed by atoms with E-state index in [1.807, 2.05) is 13.0 Å². The minimum absolute atomic E-state index is 0.731. The van der Waals surface area contributed by atoms with Gasteiger partial charge in [0.15, 0.2) is 0 Å². The molecule has 0 saturated heterocycles. The second-order valence-corrected chi connectivity index (χ2v) is 5.14. The van der Waals surface area contributed by atoms with Gasteiger partial charge in [-0.15, -0.1) is 0 Å². The molecule has 0 aliphatic carbocycles. The van der Waals surface area contributed by atoms with E-state index in [-0.39, 0.29) is 0 Å². The van der Waals surface area contributed by atoms with Crippen molar-refractivity contribution in [2.75, 3.05) is 24.2 Å². The minimum atomic E-state index is 0.731. The fraction of sp³-hybridized carbons (Fsp3) is 0.312. The summed E-state index contributed by atoms with van der Waals surface area (Å²) in [5.41, 5.74) is 10.2. The van der Waals surface area contributed by atoms with Crippen molar-refractivity contribution in [1.82, 2.24) is 4.98 Å². The van der Waals surface area contributed by atoms with Gasteiger partial charge in [-0.1, -0.05) is 12.1 Å². The highest BCUT2D eigenvalue weighted by Gasteiger charge is 2.11. The molecular formula is C16H19N3O. The largest absolute Gasteiger partial charge is 0.493 e. The molecule has 0 spiro atoms. The average Bonchev–Trinajstić information content (AvgIpc) is 2.90. The number of aromatic nitrogens is 1. The number of hydrogen-bond acceptors (Lipinski definition) is 4. The Balaban J connectivity index is 1.58. The maximum atomic E-state index is 5.76. The molecule has 1 aromatic carbocycles. The van der Waals surface area contributed by atoms with E-state index in [1.165, 1.54) is 11.1 Å². The molecule has 3 N–H and O–H groups in total. The lowest BCUT2D eigenvalue weighted by Crippen LogP contribution is -2.07. The van der Waals surface area contributed by atoms with Crippen LogP contribution in [-0.2, 0) is 12.8 Å². The first-order valence-electron chi connectivity index (χ1n) is 6.93. The van der Waals surface area contributed by atoms with Gasteiger partial charge in [-0.25, -0.2) is 4.98 Å². The molecule has 1 aliphatic rings. The number of nitrogen functional groups attached to an aromatic ring is 1. The van der Waals surface area contributed by atoms with Gasteiger partial charge in [-0.2, -0.15) is 0 Å². The Bertz CT molecular complexity index is 625. The molecule has 3 rings (SSSR count). The Morgan fingerprint density at radius 2 is 2.25 bits per heavy atom. The van der Waals surface area contributed by atoms with Crippen molar-refractivity contribution < 1.29 is 4.74 Å². The van der Waals surface area contributed by atoms with E-state index < -0.39 is 0 Å². The summed E-state index contributed by atoms with van der Waals surface area (Å²) in [4.78, 5) is 4.27. The molecule has 2 aromatic rings. The zero-order valence-electron chi connectivity index (χ0n) is 11.6. The summed E-state index contributed by atoms with van der Waals surface area (Å²) in [5, 5.41) is 3.33. The van der Waals surface area contributed by atoms with E-state index >= 15 is 0 Å². The van der Waals surface area contributed by atoms with Crippen LogP contribution < -0.4 is 15.8 Å². The highest BCUT2D eigenvalue weighted by Crippen LogP contribution is 2.26. The van der Waals surface area contributed by atoms with Crippen molar-refractivity contribution in [2.45, 2.75) is 19.8 Å². The van der Waals surface area contributed by atoms with Gasteiger partial charge < -0.3 is 15.8 Å². The van der Waals surface area contributed by atoms with Gasteiger partial charge in [0, 0.05) is 13.0 Å². The number of pyridine rings is 1. The standard InChI is InChI=1S/C16H19N3O/c1-11-8-16(19-10-14(11)17)18-6-4-12-2-3-15-13(9-12)5-7-20-15/h2-3,8-10H,4-7,17H2,1H3,(H,18,19). The summed E-state index contributed by atoms with van der Waals surface area (Å²) in [6.45, 7) is 3.66. The topological polar surface area (TPSA) is 60.2 Å². The minimum Gasteiger partial charge on any atom is -0.493 e. The Morgan fingerprint density at radius 1 is 1.35 bits per heavy atom. The van der Waals surface area contributed by atoms with Crippen LogP contribution in [0.25, 0.3) is 0 Å². The third-order valence-electron chi connectivity index (χ3n) is 3.62. The van der Waals surface area contributed by atoms with Crippen LogP contribution in [0.4, 0.5) is 11.5 Å². The van der Waals surface area contributed by atoms with Crippen LogP contribution in [0.3, 0.4) is 0 Å². The number of ether oxygens (including phenoxy) is 1. The van der Waals surface area contributed by atoms with Crippen LogP contribution in [0, 0.1) is 6.92 Å². The molecule has 2 heterocycles. The first-order valence-corrected chi connectivity index (χ1v) is 6.93. The van der Waals surface area contributed by atoms with E-state index in [0.717, 1.165) is 48.8 Å². The van der Waals surface area contributed by atoms with Crippen LogP contribution in [0.1, 0.15) is 16.7 Å². The van der Waals surface area contributed by atoms with Crippen molar-refractivity contribution in [2.24, 2.45) is 0 Å². The average molecular weight is 269 g/mol. The molecule has 20 heavy (non-hydrogen) atoms. The highest BCUT2D eigenvalue weighted by atomic mass is 16.5. The van der Waals surface area contributed by atoms with Crippen LogP contribution in [0.15, 0.2) is 30.5 Å². The lowest BCUT2D eigenvalue weighted by molar-refractivity contribution is 0.357. The van der Waals surface area contributed by atoms with E-state index in [1.54, 1.807) is 6.20 Å². The van der Waals surface area contributed by atoms with E-state index in [0.29, 0.717) is 0 Å². The van der Waals surface area contributed by atoms with Crippen molar-refractivity contribution in [1.29, 1.82) is 0 Å². The number of nitrogens with one attached hydrogen (secondary N) is 1. The second-order valence-electron chi connectivity index (χ2n) is 5.14. The molecule has 1 aromatic heterocycles. The summed E-state index contributed by atoms with van der Waals surface area (Å²) in [5.74, 6) is 1.92. The molecule has 104 valence electrons. The normalized spacial score (nSPS) is 12.8. The predicted molar refractivity (Wildman–Crippen MR) is 81.2 cm³/mol. The van der Waals surface area contributed by atoms with Gasteiger partial charge in [0.2, 0.25) is 0 Å². The number of nitrogens with zero attached hydrogens (tertiary/aromatic N) is 1. The maximum Gasteiger partial charge on any atom is 0.126 e. The van der Waals surface area contributed by atoms with E-state index in [2.05, 4.69) is 28.5 Å². The first-order chi connectivity index (χ1) is 9.72. The lowest BCUT2D eigenvalue weighted by Gasteiger charge is -2.08. The number of fused-ring (bicyclic) bond motifs is 1. The Kier molecular flexibility index (Phi) is 3.46. The van der Waals surface area contributed by atoms with Gasteiger partial charge in [0.05, 0.1) is 18.5 Å². The monoisotopic (exact) mass is 269 g/mol. The van der Waals surface area contributed by atoms with Crippen molar-refractivity contribution in [3.8, 4) is 5.75 Å². The SMILES string of the molecule is Cc1cc(NCCc2ccc3c(c2)CCO3)ncc1N. The number of nitrogens with two attached hydrogens (primary N) is 1. The number of hydrogen-bond donors (Lipinski definition) is 2. The highest BCUT2D eigenvalue weighted by molar-refractivity contribution is 5.51. The molecule has 0 fully saturated rings. The predicted octanol–water partition coefficient (Wildman–Crippen LogP) is 2.56. The molecule has 1 aliphatic heterocycles. The fourth-order valence-electron chi connectivity index (χ4n) is 2.39. The number of anilines is 2. The van der Waals surface area contributed by atoms with E-state index in [9.17, 15) is 0 Å². The van der Waals surface area contributed by atoms with Gasteiger partial charge in [0.25, 0.3) is 0 Å². The van der Waals surface area contributed by atoms with E-state index in [4.69, 9.17) is 10.5 Å². The number of rotatable bonds is 4. The molecule has 0 amide bonds. The maximum absolute atomic E-state index is 5.76. The number of benzene rings is 1. The zero-order valence-corrected chi connectivity index (χ0v) is 11.6. The molecule has 0 bridgehead atoms. The van der Waals surface area contributed by atoms with Gasteiger partial charge in [-0.05, 0) is 42.2 Å². The molecule has 0 atom stereocenters. The Labute approximate surface area is 119 Å². The number of aryl methyl sites for hydroxylation is 1. The summed E-state index contributed by atoms with van der Waals surface area (Å²) >= 11 is 0. The van der Waals surface area contributed by atoms with Gasteiger partial charge >= 0.3 is 0 Å². The molecule has 4 nitrogen and oxygen atoms in total. The lowest BCUT2D eigenvalue weighted by atomic mass is 10.1. The smallest absolute Gasteiger partial charge is 0.126 e. The van der Waals surface area contributed by atoms with Crippen LogP contribution in [-0.4, -0.2) is 18.1 Å². The molecule has 4 heteroatoms. The third kappa shape index (κ3) is 2.69. The zero-order chi connectivity index (χ0) is 13.9. The van der Waals surface area contributed by atoms with Crippen LogP contribution in [0.5, 0.6) is 5.75 Å². The Morgan fingerprint density at radius 3 is 3.10 bits per heavy atom. The van der Waals surface area contributed by atoms with Crippen LogP contribution >= 0.6 is 0 Å². The summed E-state index contributed by atoms with van der Waals surface area (Å²) in [6.07, 6.45) is 3.69. The summed E-state index contributed by atoms with van der Waals surface area (Å²) < 4.78 is 5.51. The molecule has 0 unspecified atom stereocenters.